The zero-order valence-corrected chi connectivity index (χ0v) is 13.5. The summed E-state index contributed by atoms with van der Waals surface area (Å²) in [5.74, 6) is 2.37. The summed E-state index contributed by atoms with van der Waals surface area (Å²) in [5.41, 5.74) is 1.00. The Morgan fingerprint density at radius 3 is 2.35 bits per heavy atom. The van der Waals surface area contributed by atoms with Crippen molar-refractivity contribution in [3.05, 3.63) is 11.4 Å². The lowest BCUT2D eigenvalue weighted by Gasteiger charge is -2.12. The molecule has 1 N–H and O–H groups in total. The summed E-state index contributed by atoms with van der Waals surface area (Å²) in [6.45, 7) is 9.81. The summed E-state index contributed by atoms with van der Waals surface area (Å²) in [6, 6.07) is 0. The van der Waals surface area contributed by atoms with E-state index in [2.05, 4.69) is 29.1 Å². The minimum absolute atomic E-state index is 0.724. The van der Waals surface area contributed by atoms with E-state index in [4.69, 9.17) is 4.74 Å². The van der Waals surface area contributed by atoms with Crippen LogP contribution in [0.4, 0.5) is 5.82 Å². The third-order valence-corrected chi connectivity index (χ3v) is 3.29. The average molecular weight is 279 g/mol. The van der Waals surface area contributed by atoms with Gasteiger partial charge in [0.15, 0.2) is 0 Å². The van der Waals surface area contributed by atoms with Crippen LogP contribution in [-0.4, -0.2) is 23.1 Å². The fraction of sp³-hybridized carbons (Fsp3) is 0.750. The van der Waals surface area contributed by atoms with Gasteiger partial charge in [-0.05, 0) is 27.2 Å². The lowest BCUT2D eigenvalue weighted by Crippen LogP contribution is -2.08. The molecule has 4 nitrogen and oxygen atoms in total. The third kappa shape index (κ3) is 5.76. The second-order valence-electron chi connectivity index (χ2n) is 5.20. The van der Waals surface area contributed by atoms with Crippen LogP contribution >= 0.6 is 0 Å². The van der Waals surface area contributed by atoms with Gasteiger partial charge in [0.25, 0.3) is 0 Å². The monoisotopic (exact) mass is 279 g/mol. The Morgan fingerprint density at radius 2 is 1.65 bits per heavy atom. The summed E-state index contributed by atoms with van der Waals surface area (Å²) in [6.07, 6.45) is 7.63. The average Bonchev–Trinajstić information content (AvgIpc) is 2.43. The molecule has 0 saturated heterocycles. The van der Waals surface area contributed by atoms with E-state index in [1.165, 1.54) is 32.1 Å². The van der Waals surface area contributed by atoms with Crippen LogP contribution in [-0.2, 0) is 0 Å². The van der Waals surface area contributed by atoms with Crippen LogP contribution in [0.25, 0.3) is 0 Å². The topological polar surface area (TPSA) is 47.0 Å². The summed E-state index contributed by atoms with van der Waals surface area (Å²) >= 11 is 0. The molecular formula is C16H29N3O. The summed E-state index contributed by atoms with van der Waals surface area (Å²) in [4.78, 5) is 8.79. The molecule has 0 saturated carbocycles. The minimum Gasteiger partial charge on any atom is -0.477 e. The van der Waals surface area contributed by atoms with Crippen molar-refractivity contribution in [2.45, 2.75) is 66.2 Å². The zero-order valence-electron chi connectivity index (χ0n) is 13.5. The number of aromatic nitrogens is 2. The molecule has 0 atom stereocenters. The summed E-state index contributed by atoms with van der Waals surface area (Å²) in [5, 5.41) is 3.25. The van der Waals surface area contributed by atoms with Gasteiger partial charge in [-0.1, -0.05) is 39.0 Å². The quantitative estimate of drug-likeness (QED) is 0.650. The molecule has 4 heteroatoms. The van der Waals surface area contributed by atoms with Gasteiger partial charge in [0, 0.05) is 6.54 Å². The van der Waals surface area contributed by atoms with Crippen LogP contribution < -0.4 is 10.1 Å². The normalized spacial score (nSPS) is 10.6. The molecule has 114 valence electrons. The number of aryl methyl sites for hydroxylation is 1. The van der Waals surface area contributed by atoms with E-state index in [0.29, 0.717) is 0 Å². The van der Waals surface area contributed by atoms with E-state index < -0.39 is 0 Å². The largest absolute Gasteiger partial charge is 0.477 e. The second-order valence-corrected chi connectivity index (χ2v) is 5.20. The Bertz CT molecular complexity index is 394. The molecule has 20 heavy (non-hydrogen) atoms. The highest BCUT2D eigenvalue weighted by atomic mass is 16.5. The number of hydrogen-bond donors (Lipinski definition) is 1. The van der Waals surface area contributed by atoms with E-state index in [-0.39, 0.29) is 0 Å². The van der Waals surface area contributed by atoms with Crippen LogP contribution in [0.3, 0.4) is 0 Å². The molecule has 0 fully saturated rings. The maximum atomic E-state index is 5.82. The predicted octanol–water partition coefficient (Wildman–Crippen LogP) is 4.26. The Kier molecular flexibility index (Phi) is 8.00. The van der Waals surface area contributed by atoms with Crippen molar-refractivity contribution < 1.29 is 4.74 Å². The summed E-state index contributed by atoms with van der Waals surface area (Å²) < 4.78 is 5.82. The van der Waals surface area contributed by atoms with Crippen molar-refractivity contribution in [1.82, 2.24) is 9.97 Å². The van der Waals surface area contributed by atoms with Crippen LogP contribution in [0.2, 0.25) is 0 Å². The molecular weight excluding hydrogens is 250 g/mol. The van der Waals surface area contributed by atoms with Crippen molar-refractivity contribution >= 4 is 5.82 Å². The number of nitrogens with zero attached hydrogens (tertiary/aromatic N) is 2. The number of rotatable bonds is 10. The third-order valence-electron chi connectivity index (χ3n) is 3.29. The first-order chi connectivity index (χ1) is 9.69. The van der Waals surface area contributed by atoms with E-state index in [0.717, 1.165) is 42.7 Å². The number of hydrogen-bond acceptors (Lipinski definition) is 4. The van der Waals surface area contributed by atoms with Crippen LogP contribution in [0.1, 0.15) is 63.8 Å². The van der Waals surface area contributed by atoms with E-state index >= 15 is 0 Å². The minimum atomic E-state index is 0.724. The van der Waals surface area contributed by atoms with Crippen molar-refractivity contribution in [2.75, 3.05) is 18.5 Å². The first kappa shape index (κ1) is 16.7. The van der Waals surface area contributed by atoms with Gasteiger partial charge in [-0.25, -0.2) is 4.98 Å². The van der Waals surface area contributed by atoms with Gasteiger partial charge >= 0.3 is 0 Å². The van der Waals surface area contributed by atoms with Crippen LogP contribution in [0.15, 0.2) is 0 Å². The van der Waals surface area contributed by atoms with E-state index in [9.17, 15) is 0 Å². The molecule has 0 radical (unpaired) electrons. The van der Waals surface area contributed by atoms with E-state index in [1.807, 2.05) is 13.8 Å². The lowest BCUT2D eigenvalue weighted by atomic mass is 10.1. The fourth-order valence-corrected chi connectivity index (χ4v) is 2.13. The first-order valence-electron chi connectivity index (χ1n) is 7.90. The van der Waals surface area contributed by atoms with Crippen molar-refractivity contribution in [2.24, 2.45) is 0 Å². The zero-order chi connectivity index (χ0) is 14.8. The molecule has 1 heterocycles. The highest BCUT2D eigenvalue weighted by Gasteiger charge is 2.09. The van der Waals surface area contributed by atoms with Crippen molar-refractivity contribution in [3.63, 3.8) is 0 Å². The number of ether oxygens (including phenoxy) is 1. The highest BCUT2D eigenvalue weighted by molar-refractivity contribution is 5.48. The Labute approximate surface area is 123 Å². The number of anilines is 1. The van der Waals surface area contributed by atoms with Gasteiger partial charge in [-0.3, -0.25) is 0 Å². The molecule has 0 aliphatic carbocycles. The van der Waals surface area contributed by atoms with Crippen molar-refractivity contribution in [3.8, 4) is 5.88 Å². The lowest BCUT2D eigenvalue weighted by molar-refractivity contribution is 0.290. The molecule has 0 amide bonds. The maximum Gasteiger partial charge on any atom is 0.221 e. The van der Waals surface area contributed by atoms with Crippen molar-refractivity contribution in [1.29, 1.82) is 0 Å². The molecule has 1 aromatic heterocycles. The van der Waals surface area contributed by atoms with Gasteiger partial charge in [-0.15, -0.1) is 0 Å². The first-order valence-corrected chi connectivity index (χ1v) is 7.90. The Balaban J connectivity index is 2.39. The van der Waals surface area contributed by atoms with Gasteiger partial charge < -0.3 is 10.1 Å². The molecule has 0 unspecified atom stereocenters. The maximum absolute atomic E-state index is 5.82. The van der Waals surface area contributed by atoms with E-state index in [1.54, 1.807) is 0 Å². The fourth-order valence-electron chi connectivity index (χ4n) is 2.13. The van der Waals surface area contributed by atoms with Crippen LogP contribution in [0, 0.1) is 13.8 Å². The van der Waals surface area contributed by atoms with Crippen LogP contribution in [0.5, 0.6) is 5.88 Å². The van der Waals surface area contributed by atoms with Gasteiger partial charge in [0.1, 0.15) is 11.6 Å². The Morgan fingerprint density at radius 1 is 0.950 bits per heavy atom. The molecule has 1 rings (SSSR count). The SMILES string of the molecule is CCCCCCCCOc1nc(C)nc(NCC)c1C. The summed E-state index contributed by atoms with van der Waals surface area (Å²) in [7, 11) is 0. The smallest absolute Gasteiger partial charge is 0.221 e. The standard InChI is InChI=1S/C16H29N3O/c1-5-7-8-9-10-11-12-20-16-13(3)15(17-6-2)18-14(4)19-16/h5-12H2,1-4H3,(H,17,18,19). The molecule has 0 bridgehead atoms. The highest BCUT2D eigenvalue weighted by Crippen LogP contribution is 2.22. The molecule has 1 aromatic rings. The molecule has 0 aromatic carbocycles. The van der Waals surface area contributed by atoms with Gasteiger partial charge in [0.05, 0.1) is 12.2 Å². The number of unbranched alkanes of at least 4 members (excludes halogenated alkanes) is 5. The number of nitrogens with one attached hydrogen (secondary N) is 1. The predicted molar refractivity (Wildman–Crippen MR) is 84.5 cm³/mol. The molecule has 0 aliphatic heterocycles. The second kappa shape index (κ2) is 9.56. The molecule has 0 aliphatic rings. The van der Waals surface area contributed by atoms with Gasteiger partial charge in [0.2, 0.25) is 5.88 Å². The van der Waals surface area contributed by atoms with Gasteiger partial charge in [-0.2, -0.15) is 4.98 Å². The molecule has 0 spiro atoms. The Hall–Kier alpha value is -1.32.